The maximum Gasteiger partial charge on any atom is 0.231 e. The third-order valence-corrected chi connectivity index (χ3v) is 3.32. The molecule has 1 amide bonds. The maximum atomic E-state index is 13.1. The van der Waals surface area contributed by atoms with Gasteiger partial charge in [-0.1, -0.05) is 42.5 Å². The van der Waals surface area contributed by atoms with Crippen molar-refractivity contribution in [1.82, 2.24) is 14.8 Å². The van der Waals surface area contributed by atoms with Crippen LogP contribution in [0.4, 0.5) is 10.3 Å². The molecule has 3 rings (SSSR count). The molecule has 0 unspecified atom stereocenters. The number of carbonyl (C=O) groups excluding carboxylic acids is 1. The first-order valence-electron chi connectivity index (χ1n) is 7.17. The van der Waals surface area contributed by atoms with E-state index < -0.39 is 0 Å². The normalized spacial score (nSPS) is 10.5. The second kappa shape index (κ2) is 6.83. The Balaban J connectivity index is 1.66. The van der Waals surface area contributed by atoms with Gasteiger partial charge in [0.05, 0.1) is 13.0 Å². The summed E-state index contributed by atoms with van der Waals surface area (Å²) < 4.78 is 14.9. The van der Waals surface area contributed by atoms with E-state index in [0.717, 1.165) is 5.56 Å². The average Bonchev–Trinajstić information content (AvgIpc) is 2.95. The average molecular weight is 310 g/mol. The van der Waals surface area contributed by atoms with Crippen molar-refractivity contribution in [3.05, 3.63) is 77.9 Å². The molecular weight excluding hydrogens is 295 g/mol. The van der Waals surface area contributed by atoms with Gasteiger partial charge in [-0.3, -0.25) is 14.7 Å². The summed E-state index contributed by atoms with van der Waals surface area (Å²) in [6.45, 7) is 0.559. The fourth-order valence-corrected chi connectivity index (χ4v) is 2.25. The molecule has 0 aliphatic carbocycles. The maximum absolute atomic E-state index is 13.1. The van der Waals surface area contributed by atoms with Crippen molar-refractivity contribution in [3.63, 3.8) is 0 Å². The van der Waals surface area contributed by atoms with Crippen LogP contribution in [0.2, 0.25) is 0 Å². The van der Waals surface area contributed by atoms with E-state index in [1.165, 1.54) is 12.1 Å². The predicted molar refractivity (Wildman–Crippen MR) is 84.3 cm³/mol. The van der Waals surface area contributed by atoms with Crippen molar-refractivity contribution in [2.75, 3.05) is 5.32 Å². The fraction of sp³-hybridized carbons (Fsp3) is 0.118. The van der Waals surface area contributed by atoms with Gasteiger partial charge >= 0.3 is 0 Å². The number of nitrogens with zero attached hydrogens (tertiary/aromatic N) is 3. The SMILES string of the molecule is O=C(Cc1cccc(F)c1)Nc1nncn1Cc1ccccc1. The molecule has 0 spiro atoms. The lowest BCUT2D eigenvalue weighted by atomic mass is 10.1. The Kier molecular flexibility index (Phi) is 4.42. The first kappa shape index (κ1) is 14.9. The number of halogens is 1. The van der Waals surface area contributed by atoms with Crippen molar-refractivity contribution in [2.24, 2.45) is 0 Å². The van der Waals surface area contributed by atoms with Gasteiger partial charge in [-0.25, -0.2) is 4.39 Å². The molecule has 0 atom stereocenters. The van der Waals surface area contributed by atoms with Gasteiger partial charge in [-0.15, -0.1) is 10.2 Å². The smallest absolute Gasteiger partial charge is 0.231 e. The van der Waals surface area contributed by atoms with Crippen LogP contribution in [0, 0.1) is 5.82 Å². The van der Waals surface area contributed by atoms with Crippen molar-refractivity contribution >= 4 is 11.9 Å². The second-order valence-corrected chi connectivity index (χ2v) is 5.12. The van der Waals surface area contributed by atoms with Gasteiger partial charge < -0.3 is 0 Å². The molecule has 1 N–H and O–H groups in total. The molecule has 0 saturated heterocycles. The highest BCUT2D eigenvalue weighted by atomic mass is 19.1. The first-order chi connectivity index (χ1) is 11.2. The van der Waals surface area contributed by atoms with E-state index in [1.54, 1.807) is 23.0 Å². The van der Waals surface area contributed by atoms with E-state index >= 15 is 0 Å². The molecule has 3 aromatic rings. The van der Waals surface area contributed by atoms with E-state index in [2.05, 4.69) is 15.5 Å². The zero-order valence-corrected chi connectivity index (χ0v) is 12.3. The van der Waals surface area contributed by atoms with E-state index in [1.807, 2.05) is 30.3 Å². The van der Waals surface area contributed by atoms with Crippen molar-refractivity contribution in [1.29, 1.82) is 0 Å². The summed E-state index contributed by atoms with van der Waals surface area (Å²) in [5, 5.41) is 10.5. The first-order valence-corrected chi connectivity index (χ1v) is 7.17. The minimum atomic E-state index is -0.359. The van der Waals surface area contributed by atoms with E-state index in [9.17, 15) is 9.18 Å². The van der Waals surface area contributed by atoms with Gasteiger partial charge in [-0.2, -0.15) is 0 Å². The van der Waals surface area contributed by atoms with Crippen LogP contribution in [0.15, 0.2) is 60.9 Å². The van der Waals surface area contributed by atoms with Crippen LogP contribution in [0.3, 0.4) is 0 Å². The number of rotatable bonds is 5. The summed E-state index contributed by atoms with van der Waals surface area (Å²) in [7, 11) is 0. The molecule has 0 fully saturated rings. The number of nitrogens with one attached hydrogen (secondary N) is 1. The molecule has 1 aromatic heterocycles. The summed E-state index contributed by atoms with van der Waals surface area (Å²) >= 11 is 0. The van der Waals surface area contributed by atoms with Crippen LogP contribution in [-0.4, -0.2) is 20.7 Å². The third-order valence-electron chi connectivity index (χ3n) is 3.32. The Hall–Kier alpha value is -3.02. The number of anilines is 1. The van der Waals surface area contributed by atoms with E-state index in [-0.39, 0.29) is 18.1 Å². The molecule has 6 heteroatoms. The lowest BCUT2D eigenvalue weighted by Crippen LogP contribution is -2.18. The highest BCUT2D eigenvalue weighted by Crippen LogP contribution is 2.09. The molecule has 23 heavy (non-hydrogen) atoms. The lowest BCUT2D eigenvalue weighted by molar-refractivity contribution is -0.115. The van der Waals surface area contributed by atoms with Crippen LogP contribution < -0.4 is 5.32 Å². The molecule has 0 bridgehead atoms. The van der Waals surface area contributed by atoms with Gasteiger partial charge in [0.15, 0.2) is 0 Å². The van der Waals surface area contributed by atoms with Crippen LogP contribution >= 0.6 is 0 Å². The number of hydrogen-bond donors (Lipinski definition) is 1. The molecule has 0 radical (unpaired) electrons. The molecule has 0 aliphatic heterocycles. The largest absolute Gasteiger partial charge is 0.295 e. The van der Waals surface area contributed by atoms with Crippen molar-refractivity contribution < 1.29 is 9.18 Å². The molecule has 0 saturated carbocycles. The van der Waals surface area contributed by atoms with Crippen LogP contribution in [0.5, 0.6) is 0 Å². The van der Waals surface area contributed by atoms with Gasteiger partial charge in [0.25, 0.3) is 0 Å². The Morgan fingerprint density at radius 1 is 1.09 bits per heavy atom. The number of hydrogen-bond acceptors (Lipinski definition) is 3. The Labute approximate surface area is 132 Å². The molecule has 116 valence electrons. The van der Waals surface area contributed by atoms with Crippen LogP contribution in [0.25, 0.3) is 0 Å². The summed E-state index contributed by atoms with van der Waals surface area (Å²) in [6, 6.07) is 15.8. The van der Waals surface area contributed by atoms with E-state index in [4.69, 9.17) is 0 Å². The summed E-state index contributed by atoms with van der Waals surface area (Å²) in [5.74, 6) is -0.254. The number of amides is 1. The third kappa shape index (κ3) is 4.00. The minimum Gasteiger partial charge on any atom is -0.295 e. The second-order valence-electron chi connectivity index (χ2n) is 5.12. The lowest BCUT2D eigenvalue weighted by Gasteiger charge is -2.08. The van der Waals surface area contributed by atoms with Crippen molar-refractivity contribution in [3.8, 4) is 0 Å². The highest BCUT2D eigenvalue weighted by molar-refractivity contribution is 5.90. The van der Waals surface area contributed by atoms with E-state index in [0.29, 0.717) is 18.1 Å². The Morgan fingerprint density at radius 2 is 1.87 bits per heavy atom. The highest BCUT2D eigenvalue weighted by Gasteiger charge is 2.10. The van der Waals surface area contributed by atoms with Crippen LogP contribution in [-0.2, 0) is 17.8 Å². The zero-order valence-electron chi connectivity index (χ0n) is 12.3. The Bertz CT molecular complexity index is 801. The number of benzene rings is 2. The summed E-state index contributed by atoms with van der Waals surface area (Å²) in [4.78, 5) is 12.1. The quantitative estimate of drug-likeness (QED) is 0.788. The van der Waals surface area contributed by atoms with Gasteiger partial charge in [0.1, 0.15) is 12.1 Å². The van der Waals surface area contributed by atoms with Crippen molar-refractivity contribution in [2.45, 2.75) is 13.0 Å². The zero-order chi connectivity index (χ0) is 16.1. The molecule has 0 aliphatic rings. The fourth-order valence-electron chi connectivity index (χ4n) is 2.25. The molecule has 1 heterocycles. The monoisotopic (exact) mass is 310 g/mol. The predicted octanol–water partition coefficient (Wildman–Crippen LogP) is 2.65. The number of carbonyl (C=O) groups is 1. The standard InChI is InChI=1S/C17H15FN4O/c18-15-8-4-7-14(9-15)10-16(23)20-17-21-19-12-22(17)11-13-5-2-1-3-6-13/h1-9,12H,10-11H2,(H,20,21,23). The summed E-state index contributed by atoms with van der Waals surface area (Å²) in [6.07, 6.45) is 1.64. The number of aromatic nitrogens is 3. The Morgan fingerprint density at radius 3 is 2.65 bits per heavy atom. The molecular formula is C17H15FN4O. The van der Waals surface area contributed by atoms with Gasteiger partial charge in [0.2, 0.25) is 11.9 Å². The van der Waals surface area contributed by atoms with Gasteiger partial charge in [-0.05, 0) is 23.3 Å². The van der Waals surface area contributed by atoms with Gasteiger partial charge in [0, 0.05) is 0 Å². The molecule has 5 nitrogen and oxygen atoms in total. The van der Waals surface area contributed by atoms with Crippen LogP contribution in [0.1, 0.15) is 11.1 Å². The topological polar surface area (TPSA) is 59.8 Å². The summed E-state index contributed by atoms with van der Waals surface area (Å²) in [5.41, 5.74) is 1.68. The minimum absolute atomic E-state index is 0.0793. The molecule has 2 aromatic carbocycles.